The zero-order chi connectivity index (χ0) is 17.9. The predicted octanol–water partition coefficient (Wildman–Crippen LogP) is 4.46. The Hall–Kier alpha value is -2.18. The Morgan fingerprint density at radius 2 is 1.79 bits per heavy atom. The van der Waals surface area contributed by atoms with Gasteiger partial charge >= 0.3 is 5.97 Å². The Bertz CT molecular complexity index is 799. The fourth-order valence-electron chi connectivity index (χ4n) is 1.73. The Morgan fingerprint density at radius 1 is 1.08 bits per heavy atom. The van der Waals surface area contributed by atoms with Gasteiger partial charge in [-0.3, -0.25) is 4.79 Å². The molecule has 0 heterocycles. The maximum Gasteiger partial charge on any atom is 0.339 e. The second-order valence-corrected chi connectivity index (χ2v) is 5.63. The van der Waals surface area contributed by atoms with E-state index in [1.54, 1.807) is 6.07 Å². The largest absolute Gasteiger partial charge is 0.449 e. The van der Waals surface area contributed by atoms with Crippen LogP contribution < -0.4 is 5.32 Å². The van der Waals surface area contributed by atoms with Gasteiger partial charge in [-0.1, -0.05) is 23.2 Å². The first-order valence-electron chi connectivity index (χ1n) is 6.70. The molecule has 1 amide bonds. The average molecular weight is 374 g/mol. The van der Waals surface area contributed by atoms with Gasteiger partial charge in [0.15, 0.2) is 17.7 Å². The molecule has 0 aromatic heterocycles. The van der Waals surface area contributed by atoms with Crippen LogP contribution in [0.5, 0.6) is 0 Å². The van der Waals surface area contributed by atoms with E-state index in [0.717, 1.165) is 12.1 Å². The molecule has 0 radical (unpaired) electrons. The van der Waals surface area contributed by atoms with Crippen molar-refractivity contribution in [2.45, 2.75) is 13.0 Å². The van der Waals surface area contributed by atoms with Gasteiger partial charge in [0.25, 0.3) is 5.91 Å². The molecule has 4 nitrogen and oxygen atoms in total. The number of benzene rings is 2. The number of ether oxygens (including phenoxy) is 1. The highest BCUT2D eigenvalue weighted by atomic mass is 35.5. The van der Waals surface area contributed by atoms with Gasteiger partial charge in [-0.2, -0.15) is 0 Å². The number of carbonyl (C=O) groups is 2. The number of nitrogens with one attached hydrogen (secondary N) is 1. The number of rotatable bonds is 4. The standard InChI is InChI=1S/C16H11Cl2F2NO3/c1-8(15(22)21-14-7-10(17)3-4-11(14)18)24-16(23)9-2-5-12(19)13(20)6-9/h2-8H,1H3,(H,21,22). The lowest BCUT2D eigenvalue weighted by atomic mass is 10.2. The summed E-state index contributed by atoms with van der Waals surface area (Å²) in [5.74, 6) is -3.90. The summed E-state index contributed by atoms with van der Waals surface area (Å²) >= 11 is 11.7. The van der Waals surface area contributed by atoms with E-state index in [1.807, 2.05) is 0 Å². The molecule has 1 unspecified atom stereocenters. The van der Waals surface area contributed by atoms with E-state index in [1.165, 1.54) is 19.1 Å². The summed E-state index contributed by atoms with van der Waals surface area (Å²) in [6.45, 7) is 1.32. The molecule has 0 bridgehead atoms. The summed E-state index contributed by atoms with van der Waals surface area (Å²) in [6, 6.07) is 7.02. The molecule has 0 spiro atoms. The van der Waals surface area contributed by atoms with Crippen LogP contribution in [0.4, 0.5) is 14.5 Å². The van der Waals surface area contributed by atoms with Crippen molar-refractivity contribution >= 4 is 40.8 Å². The monoisotopic (exact) mass is 373 g/mol. The van der Waals surface area contributed by atoms with Gasteiger partial charge in [0, 0.05) is 5.02 Å². The lowest BCUT2D eigenvalue weighted by Gasteiger charge is -2.14. The van der Waals surface area contributed by atoms with E-state index in [9.17, 15) is 18.4 Å². The topological polar surface area (TPSA) is 55.4 Å². The lowest BCUT2D eigenvalue weighted by molar-refractivity contribution is -0.123. The summed E-state index contributed by atoms with van der Waals surface area (Å²) in [7, 11) is 0. The molecule has 0 fully saturated rings. The summed E-state index contributed by atoms with van der Waals surface area (Å²) in [6.07, 6.45) is -1.19. The van der Waals surface area contributed by atoms with Gasteiger partial charge in [0.2, 0.25) is 0 Å². The van der Waals surface area contributed by atoms with Gasteiger partial charge in [-0.25, -0.2) is 13.6 Å². The number of carbonyl (C=O) groups excluding carboxylic acids is 2. The van der Waals surface area contributed by atoms with Crippen LogP contribution in [0.3, 0.4) is 0 Å². The number of esters is 1. The quantitative estimate of drug-likeness (QED) is 0.805. The minimum atomic E-state index is -1.19. The van der Waals surface area contributed by atoms with Crippen molar-refractivity contribution in [2.24, 2.45) is 0 Å². The molecular weight excluding hydrogens is 363 g/mol. The Balaban J connectivity index is 2.04. The van der Waals surface area contributed by atoms with Crippen LogP contribution in [0, 0.1) is 11.6 Å². The zero-order valence-corrected chi connectivity index (χ0v) is 13.8. The van der Waals surface area contributed by atoms with E-state index < -0.39 is 29.6 Å². The summed E-state index contributed by atoms with van der Waals surface area (Å²) in [4.78, 5) is 23.9. The highest BCUT2D eigenvalue weighted by Crippen LogP contribution is 2.25. The lowest BCUT2D eigenvalue weighted by Crippen LogP contribution is -2.30. The number of hydrogen-bond acceptors (Lipinski definition) is 3. The minimum absolute atomic E-state index is 0.214. The molecule has 2 aromatic carbocycles. The molecule has 0 saturated heterocycles. The van der Waals surface area contributed by atoms with Crippen LogP contribution in [0.15, 0.2) is 36.4 Å². The van der Waals surface area contributed by atoms with Gasteiger partial charge < -0.3 is 10.1 Å². The molecule has 1 N–H and O–H groups in total. The second-order valence-electron chi connectivity index (χ2n) is 4.79. The fourth-order valence-corrected chi connectivity index (χ4v) is 2.07. The van der Waals surface area contributed by atoms with E-state index >= 15 is 0 Å². The molecule has 2 aromatic rings. The van der Waals surface area contributed by atoms with Crippen molar-refractivity contribution in [3.05, 3.63) is 63.6 Å². The first-order valence-corrected chi connectivity index (χ1v) is 7.45. The smallest absolute Gasteiger partial charge is 0.339 e. The highest BCUT2D eigenvalue weighted by molar-refractivity contribution is 6.35. The second kappa shape index (κ2) is 7.59. The third-order valence-corrected chi connectivity index (χ3v) is 3.56. The van der Waals surface area contributed by atoms with Gasteiger partial charge in [-0.05, 0) is 43.3 Å². The summed E-state index contributed by atoms with van der Waals surface area (Å²) in [5, 5.41) is 3.08. The third kappa shape index (κ3) is 4.43. The van der Waals surface area contributed by atoms with Crippen molar-refractivity contribution in [1.82, 2.24) is 0 Å². The minimum Gasteiger partial charge on any atom is -0.449 e. The van der Waals surface area contributed by atoms with Crippen LogP contribution in [-0.2, 0) is 9.53 Å². The van der Waals surface area contributed by atoms with Crippen molar-refractivity contribution in [1.29, 1.82) is 0 Å². The predicted molar refractivity (Wildman–Crippen MR) is 86.3 cm³/mol. The molecule has 24 heavy (non-hydrogen) atoms. The normalized spacial score (nSPS) is 11.7. The molecule has 0 aliphatic heterocycles. The van der Waals surface area contributed by atoms with E-state index in [2.05, 4.69) is 5.32 Å². The number of halogens is 4. The van der Waals surface area contributed by atoms with Crippen molar-refractivity contribution in [2.75, 3.05) is 5.32 Å². The van der Waals surface area contributed by atoms with Crippen molar-refractivity contribution in [3.8, 4) is 0 Å². The maximum absolute atomic E-state index is 13.1. The SMILES string of the molecule is CC(OC(=O)c1ccc(F)c(F)c1)C(=O)Nc1cc(Cl)ccc1Cl. The molecule has 126 valence electrons. The van der Waals surface area contributed by atoms with Gasteiger partial charge in [0.05, 0.1) is 16.3 Å². The van der Waals surface area contributed by atoms with Gasteiger partial charge in [-0.15, -0.1) is 0 Å². The third-order valence-electron chi connectivity index (χ3n) is 2.99. The van der Waals surface area contributed by atoms with Crippen molar-refractivity contribution < 1.29 is 23.1 Å². The molecule has 0 saturated carbocycles. The Labute approximate surface area is 146 Å². The summed E-state index contributed by atoms with van der Waals surface area (Å²) < 4.78 is 30.9. The van der Waals surface area contributed by atoms with Crippen LogP contribution in [0.1, 0.15) is 17.3 Å². The fraction of sp³-hybridized carbons (Fsp3) is 0.125. The van der Waals surface area contributed by atoms with Crippen LogP contribution >= 0.6 is 23.2 Å². The van der Waals surface area contributed by atoms with E-state index in [0.29, 0.717) is 11.1 Å². The molecule has 0 aliphatic carbocycles. The molecular formula is C16H11Cl2F2NO3. The van der Waals surface area contributed by atoms with Crippen LogP contribution in [-0.4, -0.2) is 18.0 Å². The highest BCUT2D eigenvalue weighted by Gasteiger charge is 2.20. The van der Waals surface area contributed by atoms with Crippen LogP contribution in [0.2, 0.25) is 10.0 Å². The number of amides is 1. The van der Waals surface area contributed by atoms with E-state index in [4.69, 9.17) is 27.9 Å². The van der Waals surface area contributed by atoms with Crippen LogP contribution in [0.25, 0.3) is 0 Å². The number of hydrogen-bond donors (Lipinski definition) is 1. The Morgan fingerprint density at radius 3 is 2.46 bits per heavy atom. The zero-order valence-electron chi connectivity index (χ0n) is 12.3. The summed E-state index contributed by atoms with van der Waals surface area (Å²) in [5.41, 5.74) is 0.0410. The van der Waals surface area contributed by atoms with E-state index in [-0.39, 0.29) is 16.3 Å². The molecule has 1 atom stereocenters. The Kier molecular flexibility index (Phi) is 5.75. The first-order chi connectivity index (χ1) is 11.3. The average Bonchev–Trinajstić information content (AvgIpc) is 2.53. The molecule has 0 aliphatic rings. The number of anilines is 1. The van der Waals surface area contributed by atoms with Gasteiger partial charge in [0.1, 0.15) is 0 Å². The molecule has 8 heteroatoms. The maximum atomic E-state index is 13.1. The first kappa shape index (κ1) is 18.2. The molecule has 2 rings (SSSR count). The van der Waals surface area contributed by atoms with Crippen molar-refractivity contribution in [3.63, 3.8) is 0 Å².